The Morgan fingerprint density at radius 1 is 1.05 bits per heavy atom. The molecule has 0 radical (unpaired) electrons. The summed E-state index contributed by atoms with van der Waals surface area (Å²) in [4.78, 5) is 13.3. The second-order valence-electron chi connectivity index (χ2n) is 9.72. The zero-order chi connectivity index (χ0) is 28.7. The van der Waals surface area contributed by atoms with E-state index in [1.165, 1.54) is 12.8 Å². The lowest BCUT2D eigenvalue weighted by Crippen LogP contribution is -2.25. The van der Waals surface area contributed by atoms with E-state index in [1.54, 1.807) is 49.6 Å². The molecule has 40 heavy (non-hydrogen) atoms. The molecule has 210 valence electrons. The highest BCUT2D eigenvalue weighted by atomic mass is 19.4. The maximum atomic E-state index is 13.3. The van der Waals surface area contributed by atoms with E-state index < -0.39 is 17.7 Å². The molecule has 3 aromatic rings. The van der Waals surface area contributed by atoms with Crippen molar-refractivity contribution in [1.82, 2.24) is 5.32 Å². The van der Waals surface area contributed by atoms with Gasteiger partial charge in [-0.2, -0.15) is 13.2 Å². The molecule has 1 fully saturated rings. The average Bonchev–Trinajstić information content (AvgIpc) is 3.77. The van der Waals surface area contributed by atoms with Crippen molar-refractivity contribution in [1.29, 1.82) is 0 Å². The third-order valence-electron chi connectivity index (χ3n) is 6.60. The summed E-state index contributed by atoms with van der Waals surface area (Å²) in [6.45, 7) is 4.17. The number of halogens is 3. The van der Waals surface area contributed by atoms with Crippen molar-refractivity contribution in [3.05, 3.63) is 113 Å². The number of hydrogen-bond donors (Lipinski definition) is 4. The van der Waals surface area contributed by atoms with E-state index in [0.717, 1.165) is 29.0 Å². The summed E-state index contributed by atoms with van der Waals surface area (Å²) in [7, 11) is 1.62. The quantitative estimate of drug-likeness (QED) is 0.157. The van der Waals surface area contributed by atoms with Gasteiger partial charge in [-0.25, -0.2) is 0 Å². The second-order valence-corrected chi connectivity index (χ2v) is 9.72. The monoisotopic (exact) mass is 550 g/mol. The lowest BCUT2D eigenvalue weighted by atomic mass is 9.97. The van der Waals surface area contributed by atoms with Gasteiger partial charge >= 0.3 is 6.18 Å². The van der Waals surface area contributed by atoms with E-state index in [-0.39, 0.29) is 18.3 Å². The van der Waals surface area contributed by atoms with E-state index >= 15 is 0 Å². The predicted molar refractivity (Wildman–Crippen MR) is 152 cm³/mol. The number of carbonyl (C=O) groups excluding carboxylic acids is 1. The number of alkyl halides is 3. The van der Waals surface area contributed by atoms with Gasteiger partial charge in [0.25, 0.3) is 5.91 Å². The minimum absolute atomic E-state index is 0.217. The molecule has 0 aliphatic heterocycles. The number of nitrogens with two attached hydrogens (primary N) is 1. The SMILES string of the molecule is C=C(/C=C(\Nc1cccc(CN)c1)C(=O)Nc1cccc(C(NCC2CC2)c2ccccc2OC)c1)C(F)(F)F. The maximum absolute atomic E-state index is 13.3. The molecule has 1 amide bonds. The third-order valence-corrected chi connectivity index (χ3v) is 6.60. The van der Waals surface area contributed by atoms with Crippen LogP contribution < -0.4 is 26.4 Å². The molecule has 5 N–H and O–H groups in total. The number of rotatable bonds is 12. The zero-order valence-electron chi connectivity index (χ0n) is 22.2. The molecule has 1 saturated carbocycles. The number of para-hydroxylation sites is 1. The number of methoxy groups -OCH3 is 1. The van der Waals surface area contributed by atoms with Crippen LogP contribution in [0.5, 0.6) is 5.75 Å². The van der Waals surface area contributed by atoms with Gasteiger partial charge in [0.1, 0.15) is 11.4 Å². The van der Waals surface area contributed by atoms with Crippen LogP contribution in [-0.4, -0.2) is 25.7 Å². The first-order valence-electron chi connectivity index (χ1n) is 13.0. The fraction of sp³-hybridized carbons (Fsp3) is 0.258. The number of hydrogen-bond acceptors (Lipinski definition) is 5. The topological polar surface area (TPSA) is 88.4 Å². The van der Waals surface area contributed by atoms with Gasteiger partial charge in [0.15, 0.2) is 0 Å². The minimum Gasteiger partial charge on any atom is -0.496 e. The van der Waals surface area contributed by atoms with Gasteiger partial charge in [0.05, 0.1) is 18.7 Å². The number of ether oxygens (including phenoxy) is 1. The zero-order valence-corrected chi connectivity index (χ0v) is 22.2. The summed E-state index contributed by atoms with van der Waals surface area (Å²) in [5.41, 5.74) is 7.65. The van der Waals surface area contributed by atoms with Crippen molar-refractivity contribution in [2.45, 2.75) is 31.6 Å². The summed E-state index contributed by atoms with van der Waals surface area (Å²) < 4.78 is 45.6. The molecule has 1 aliphatic carbocycles. The largest absolute Gasteiger partial charge is 0.496 e. The Morgan fingerprint density at radius 3 is 2.42 bits per heavy atom. The van der Waals surface area contributed by atoms with Crippen LogP contribution in [0.25, 0.3) is 0 Å². The van der Waals surface area contributed by atoms with Crippen LogP contribution in [0.4, 0.5) is 24.5 Å². The molecule has 0 bridgehead atoms. The van der Waals surface area contributed by atoms with Gasteiger partial charge in [-0.3, -0.25) is 4.79 Å². The number of allylic oxidation sites excluding steroid dienone is 2. The lowest BCUT2D eigenvalue weighted by molar-refractivity contribution is -0.112. The Bertz CT molecular complexity index is 1380. The average molecular weight is 551 g/mol. The molecule has 6 nitrogen and oxygen atoms in total. The van der Waals surface area contributed by atoms with Gasteiger partial charge in [0.2, 0.25) is 0 Å². The van der Waals surface area contributed by atoms with Crippen LogP contribution in [0.2, 0.25) is 0 Å². The predicted octanol–water partition coefficient (Wildman–Crippen LogP) is 6.30. The van der Waals surface area contributed by atoms with Crippen LogP contribution in [0.3, 0.4) is 0 Å². The smallest absolute Gasteiger partial charge is 0.415 e. The van der Waals surface area contributed by atoms with Crippen molar-refractivity contribution >= 4 is 17.3 Å². The van der Waals surface area contributed by atoms with Crippen molar-refractivity contribution in [2.24, 2.45) is 11.7 Å². The number of anilines is 2. The number of carbonyl (C=O) groups is 1. The molecular weight excluding hydrogens is 517 g/mol. The van der Waals surface area contributed by atoms with E-state index in [2.05, 4.69) is 22.5 Å². The van der Waals surface area contributed by atoms with Crippen molar-refractivity contribution < 1.29 is 22.7 Å². The van der Waals surface area contributed by atoms with Crippen LogP contribution in [0.1, 0.15) is 35.6 Å². The van der Waals surface area contributed by atoms with E-state index in [9.17, 15) is 18.0 Å². The van der Waals surface area contributed by atoms with Gasteiger partial charge < -0.3 is 26.4 Å². The van der Waals surface area contributed by atoms with E-state index in [0.29, 0.717) is 23.4 Å². The minimum atomic E-state index is -4.69. The van der Waals surface area contributed by atoms with Gasteiger partial charge in [-0.05, 0) is 72.8 Å². The number of amides is 1. The number of nitrogens with one attached hydrogen (secondary N) is 3. The Morgan fingerprint density at radius 2 is 1.75 bits per heavy atom. The molecule has 1 atom stereocenters. The van der Waals surface area contributed by atoms with Crippen LogP contribution >= 0.6 is 0 Å². The second kappa shape index (κ2) is 12.8. The summed E-state index contributed by atoms with van der Waals surface area (Å²) in [5.74, 6) is 0.601. The van der Waals surface area contributed by atoms with E-state index in [1.807, 2.05) is 30.3 Å². The maximum Gasteiger partial charge on any atom is 0.415 e. The summed E-state index contributed by atoms with van der Waals surface area (Å²) in [6.07, 6.45) is -1.63. The Balaban J connectivity index is 1.62. The van der Waals surface area contributed by atoms with Crippen LogP contribution in [0.15, 0.2) is 96.7 Å². The summed E-state index contributed by atoms with van der Waals surface area (Å²) in [5, 5.41) is 9.15. The highest BCUT2D eigenvalue weighted by molar-refractivity contribution is 6.06. The first-order chi connectivity index (χ1) is 19.2. The standard InChI is InChI=1S/C31H33F3N4O2/c1-20(31(32,33)34)15-27(37-24-9-5-7-22(16-24)18-35)30(39)38-25-10-6-8-23(17-25)29(36-19-21-13-14-21)26-11-3-4-12-28(26)40-2/h3-12,15-17,21,29,36-37H,1,13-14,18-19,35H2,2H3,(H,38,39)/b27-15-. The van der Waals surface area contributed by atoms with Gasteiger partial charge in [0, 0.05) is 23.5 Å². The molecule has 0 aromatic heterocycles. The molecule has 9 heteroatoms. The third kappa shape index (κ3) is 7.74. The van der Waals surface area contributed by atoms with Gasteiger partial charge in [-0.1, -0.05) is 49.0 Å². The first kappa shape index (κ1) is 28.9. The van der Waals surface area contributed by atoms with Crippen LogP contribution in [-0.2, 0) is 11.3 Å². The fourth-order valence-electron chi connectivity index (χ4n) is 4.26. The Kier molecular flexibility index (Phi) is 9.29. The molecule has 1 aliphatic rings. The van der Waals surface area contributed by atoms with E-state index in [4.69, 9.17) is 10.5 Å². The van der Waals surface area contributed by atoms with Crippen molar-refractivity contribution in [3.63, 3.8) is 0 Å². The molecular formula is C31H33F3N4O2. The lowest BCUT2D eigenvalue weighted by Gasteiger charge is -2.23. The van der Waals surface area contributed by atoms with Gasteiger partial charge in [-0.15, -0.1) is 0 Å². The molecule has 0 spiro atoms. The first-order valence-corrected chi connectivity index (χ1v) is 13.0. The highest BCUT2D eigenvalue weighted by Gasteiger charge is 2.31. The van der Waals surface area contributed by atoms with Crippen LogP contribution in [0, 0.1) is 5.92 Å². The van der Waals surface area contributed by atoms with Crippen molar-refractivity contribution in [3.8, 4) is 5.75 Å². The summed E-state index contributed by atoms with van der Waals surface area (Å²) >= 11 is 0. The van der Waals surface area contributed by atoms with Crippen molar-refractivity contribution in [2.75, 3.05) is 24.3 Å². The number of benzene rings is 3. The molecule has 0 heterocycles. The highest BCUT2D eigenvalue weighted by Crippen LogP contribution is 2.34. The molecule has 1 unspecified atom stereocenters. The molecule has 0 saturated heterocycles. The Hall–Kier alpha value is -4.08. The summed E-state index contributed by atoms with van der Waals surface area (Å²) in [6, 6.07) is 21.5. The molecule has 3 aromatic carbocycles. The normalized spacial score (nSPS) is 14.4. The Labute approximate surface area is 232 Å². The fourth-order valence-corrected chi connectivity index (χ4v) is 4.26. The molecule has 4 rings (SSSR count).